The fourth-order valence-corrected chi connectivity index (χ4v) is 4.49. The average Bonchev–Trinajstić information content (AvgIpc) is 3.43. The second-order valence-electron chi connectivity index (χ2n) is 8.45. The lowest BCUT2D eigenvalue weighted by molar-refractivity contribution is -0.150. The van der Waals surface area contributed by atoms with Crippen LogP contribution < -0.4 is 19.5 Å². The Hall–Kier alpha value is -3.63. The van der Waals surface area contributed by atoms with Gasteiger partial charge < -0.3 is 33.7 Å². The Morgan fingerprint density at radius 1 is 0.971 bits per heavy atom. The van der Waals surface area contributed by atoms with Gasteiger partial charge in [0, 0.05) is 24.1 Å². The number of rotatable bonds is 7. The van der Waals surface area contributed by atoms with Crippen LogP contribution in [0.15, 0.2) is 36.7 Å². The van der Waals surface area contributed by atoms with E-state index in [-0.39, 0.29) is 24.3 Å². The predicted octanol–water partition coefficient (Wildman–Crippen LogP) is 3.18. The fourth-order valence-electron chi connectivity index (χ4n) is 4.49. The van der Waals surface area contributed by atoms with Crippen LogP contribution in [-0.2, 0) is 19.0 Å². The molecule has 0 bridgehead atoms. The molecule has 10 heteroatoms. The zero-order chi connectivity index (χ0) is 24.5. The van der Waals surface area contributed by atoms with Gasteiger partial charge in [0.25, 0.3) is 0 Å². The number of carbonyl (C=O) groups excluding carboxylic acids is 1. The lowest BCUT2D eigenvalue weighted by Gasteiger charge is -2.20. The molecule has 0 radical (unpaired) electrons. The SMILES string of the molecule is COc1cc2ncnc(Nc3ccc(O[C@H]4CO[C@H]5[C@@H]4OC[C@@H]5OC(C)=O)c(C)c3)c2cc1OC. The molecule has 2 aromatic carbocycles. The molecule has 1 N–H and O–H groups in total. The first-order valence-electron chi connectivity index (χ1n) is 11.3. The quantitative estimate of drug-likeness (QED) is 0.505. The molecule has 0 saturated carbocycles. The predicted molar refractivity (Wildman–Crippen MR) is 127 cm³/mol. The van der Waals surface area contributed by atoms with Gasteiger partial charge in [0.15, 0.2) is 23.7 Å². The number of carbonyl (C=O) groups is 1. The highest BCUT2D eigenvalue weighted by molar-refractivity contribution is 5.93. The second-order valence-corrected chi connectivity index (χ2v) is 8.45. The fraction of sp³-hybridized carbons (Fsp3) is 0.400. The van der Waals surface area contributed by atoms with Gasteiger partial charge in [-0.3, -0.25) is 4.79 Å². The van der Waals surface area contributed by atoms with Gasteiger partial charge in [-0.05, 0) is 36.8 Å². The summed E-state index contributed by atoms with van der Waals surface area (Å²) in [7, 11) is 3.18. The molecule has 0 unspecified atom stereocenters. The molecule has 3 aromatic rings. The van der Waals surface area contributed by atoms with Gasteiger partial charge in [-0.25, -0.2) is 9.97 Å². The summed E-state index contributed by atoms with van der Waals surface area (Å²) in [5.41, 5.74) is 2.51. The highest BCUT2D eigenvalue weighted by atomic mass is 16.7. The van der Waals surface area contributed by atoms with E-state index in [9.17, 15) is 4.79 Å². The summed E-state index contributed by atoms with van der Waals surface area (Å²) in [4.78, 5) is 20.1. The number of aryl methyl sites for hydroxylation is 1. The molecule has 0 amide bonds. The molecule has 2 aliphatic heterocycles. The van der Waals surface area contributed by atoms with Crippen LogP contribution in [0.1, 0.15) is 12.5 Å². The maximum atomic E-state index is 11.3. The van der Waals surface area contributed by atoms with Crippen molar-refractivity contribution in [1.29, 1.82) is 0 Å². The molecule has 0 spiro atoms. The van der Waals surface area contributed by atoms with Crippen LogP contribution in [0.5, 0.6) is 17.2 Å². The number of nitrogens with one attached hydrogen (secondary N) is 1. The molecular weight excluding hydrogens is 454 g/mol. The lowest BCUT2D eigenvalue weighted by Crippen LogP contribution is -2.36. The molecule has 2 saturated heterocycles. The van der Waals surface area contributed by atoms with Crippen LogP contribution in [0.3, 0.4) is 0 Å². The molecule has 184 valence electrons. The minimum Gasteiger partial charge on any atom is -0.493 e. The van der Waals surface area contributed by atoms with E-state index in [0.717, 1.165) is 27.9 Å². The van der Waals surface area contributed by atoms with Crippen molar-refractivity contribution < 1.29 is 33.2 Å². The van der Waals surface area contributed by atoms with E-state index in [1.54, 1.807) is 14.2 Å². The summed E-state index contributed by atoms with van der Waals surface area (Å²) in [5, 5.41) is 4.16. The maximum Gasteiger partial charge on any atom is 0.303 e. The monoisotopic (exact) mass is 481 g/mol. The highest BCUT2D eigenvalue weighted by Crippen LogP contribution is 2.36. The minimum absolute atomic E-state index is 0.282. The Bertz CT molecular complexity index is 1250. The Balaban J connectivity index is 1.32. The normalized spacial score (nSPS) is 23.1. The first-order valence-corrected chi connectivity index (χ1v) is 11.3. The average molecular weight is 482 g/mol. The Morgan fingerprint density at radius 3 is 2.40 bits per heavy atom. The molecular formula is C25H27N3O7. The van der Waals surface area contributed by atoms with Gasteiger partial charge in [-0.15, -0.1) is 0 Å². The van der Waals surface area contributed by atoms with E-state index in [2.05, 4.69) is 15.3 Å². The first kappa shape index (κ1) is 23.1. The van der Waals surface area contributed by atoms with Crippen LogP contribution in [0.25, 0.3) is 10.9 Å². The molecule has 1 aromatic heterocycles. The third-order valence-electron chi connectivity index (χ3n) is 6.14. The van der Waals surface area contributed by atoms with Gasteiger partial charge in [0.05, 0.1) is 33.0 Å². The number of methoxy groups -OCH3 is 2. The topological polar surface area (TPSA) is 110 Å². The summed E-state index contributed by atoms with van der Waals surface area (Å²) in [6, 6.07) is 9.46. The van der Waals surface area contributed by atoms with Crippen LogP contribution in [0.4, 0.5) is 11.5 Å². The zero-order valence-corrected chi connectivity index (χ0v) is 19.9. The van der Waals surface area contributed by atoms with E-state index in [1.165, 1.54) is 13.3 Å². The Morgan fingerprint density at radius 2 is 1.69 bits per heavy atom. The number of fused-ring (bicyclic) bond motifs is 2. The number of nitrogens with zero attached hydrogens (tertiary/aromatic N) is 2. The van der Waals surface area contributed by atoms with Crippen molar-refractivity contribution >= 4 is 28.4 Å². The van der Waals surface area contributed by atoms with Gasteiger partial charge in [0.2, 0.25) is 0 Å². The van der Waals surface area contributed by atoms with Crippen molar-refractivity contribution in [2.24, 2.45) is 0 Å². The van der Waals surface area contributed by atoms with Crippen LogP contribution in [0, 0.1) is 6.92 Å². The van der Waals surface area contributed by atoms with Crippen molar-refractivity contribution in [1.82, 2.24) is 9.97 Å². The third-order valence-corrected chi connectivity index (χ3v) is 6.14. The van der Waals surface area contributed by atoms with Gasteiger partial charge in [-0.1, -0.05) is 0 Å². The number of hydrogen-bond acceptors (Lipinski definition) is 10. The Kier molecular flexibility index (Phi) is 6.31. The standard InChI is InChI=1S/C25H27N3O7/c1-13-7-15(28-25-16-8-19(30-3)20(31-4)9-17(16)26-12-27-25)5-6-18(13)35-22-11-33-23-21(34-14(2)29)10-32-24(22)23/h5-9,12,21-24H,10-11H2,1-4H3,(H,26,27,28)/t21-,22-,23+,24+/m0/s1. The number of esters is 1. The maximum absolute atomic E-state index is 11.3. The van der Waals surface area contributed by atoms with Crippen LogP contribution in [-0.4, -0.2) is 67.8 Å². The van der Waals surface area contributed by atoms with Crippen LogP contribution in [0.2, 0.25) is 0 Å². The molecule has 10 nitrogen and oxygen atoms in total. The second kappa shape index (κ2) is 9.55. The van der Waals surface area contributed by atoms with Gasteiger partial charge >= 0.3 is 5.97 Å². The molecule has 35 heavy (non-hydrogen) atoms. The molecule has 2 fully saturated rings. The van der Waals surface area contributed by atoms with E-state index >= 15 is 0 Å². The number of benzene rings is 2. The Labute approximate surface area is 202 Å². The van der Waals surface area contributed by atoms with E-state index < -0.39 is 6.10 Å². The lowest BCUT2D eigenvalue weighted by atomic mass is 10.1. The molecule has 3 heterocycles. The zero-order valence-electron chi connectivity index (χ0n) is 19.9. The van der Waals surface area contributed by atoms with Gasteiger partial charge in [-0.2, -0.15) is 0 Å². The summed E-state index contributed by atoms with van der Waals surface area (Å²) >= 11 is 0. The summed E-state index contributed by atoms with van der Waals surface area (Å²) < 4.78 is 34.0. The van der Waals surface area contributed by atoms with E-state index in [1.807, 2.05) is 37.3 Å². The molecule has 4 atom stereocenters. The summed E-state index contributed by atoms with van der Waals surface area (Å²) in [6.45, 7) is 4.02. The number of hydrogen-bond donors (Lipinski definition) is 1. The van der Waals surface area contributed by atoms with E-state index in [4.69, 9.17) is 28.4 Å². The third kappa shape index (κ3) is 4.54. The smallest absolute Gasteiger partial charge is 0.303 e. The number of aromatic nitrogens is 2. The summed E-state index contributed by atoms with van der Waals surface area (Å²) in [6.07, 6.45) is 0.219. The largest absolute Gasteiger partial charge is 0.493 e. The van der Waals surface area contributed by atoms with Crippen molar-refractivity contribution in [2.75, 3.05) is 32.8 Å². The first-order chi connectivity index (χ1) is 17.0. The number of anilines is 2. The molecule has 0 aliphatic carbocycles. The minimum atomic E-state index is -0.403. The van der Waals surface area contributed by atoms with Crippen molar-refractivity contribution in [3.05, 3.63) is 42.2 Å². The van der Waals surface area contributed by atoms with Crippen molar-refractivity contribution in [2.45, 2.75) is 38.3 Å². The van der Waals surface area contributed by atoms with Crippen molar-refractivity contribution in [3.63, 3.8) is 0 Å². The van der Waals surface area contributed by atoms with Crippen molar-refractivity contribution in [3.8, 4) is 17.2 Å². The van der Waals surface area contributed by atoms with Crippen LogP contribution >= 0.6 is 0 Å². The number of ether oxygens (including phenoxy) is 6. The summed E-state index contributed by atoms with van der Waals surface area (Å²) in [5.74, 6) is 2.22. The molecule has 2 aliphatic rings. The van der Waals surface area contributed by atoms with E-state index in [0.29, 0.717) is 30.5 Å². The highest BCUT2D eigenvalue weighted by Gasteiger charge is 2.50. The molecule has 5 rings (SSSR count). The van der Waals surface area contributed by atoms with Gasteiger partial charge in [0.1, 0.15) is 30.1 Å².